The van der Waals surface area contributed by atoms with Gasteiger partial charge in [-0.15, -0.1) is 0 Å². The van der Waals surface area contributed by atoms with Gasteiger partial charge in [-0.3, -0.25) is 0 Å². The molecule has 0 saturated heterocycles. The molecule has 2 nitrogen and oxygen atoms in total. The Balaban J connectivity index is 2.66. The molecule has 0 bridgehead atoms. The summed E-state index contributed by atoms with van der Waals surface area (Å²) in [6, 6.07) is 7.32. The van der Waals surface area contributed by atoms with Gasteiger partial charge in [0.1, 0.15) is 0 Å². The first-order chi connectivity index (χ1) is 9.46. The maximum atomic E-state index is 3.48. The molecular weight excluding hydrogens is 244 g/mol. The third-order valence-electron chi connectivity index (χ3n) is 3.80. The zero-order valence-electron chi connectivity index (χ0n) is 14.2. The van der Waals surface area contributed by atoms with Crippen molar-refractivity contribution in [1.29, 1.82) is 0 Å². The van der Waals surface area contributed by atoms with Crippen LogP contribution >= 0.6 is 0 Å². The van der Waals surface area contributed by atoms with Crippen molar-refractivity contribution in [2.45, 2.75) is 47.1 Å². The molecule has 0 aliphatic heterocycles. The van der Waals surface area contributed by atoms with Gasteiger partial charge in [-0.05, 0) is 51.9 Å². The number of rotatable bonds is 8. The molecule has 1 N–H and O–H groups in total. The van der Waals surface area contributed by atoms with E-state index >= 15 is 0 Å². The minimum atomic E-state index is 0.454. The molecule has 1 aromatic rings. The van der Waals surface area contributed by atoms with E-state index in [4.69, 9.17) is 0 Å². The molecule has 0 heterocycles. The summed E-state index contributed by atoms with van der Waals surface area (Å²) in [5.41, 5.74) is 4.13. The number of aryl methyl sites for hydroxylation is 2. The standard InChI is InChI=1S/C18H32N2/c1-7-20(13-14(2)3)9-8-18(19-6)17-11-15(4)10-16(5)12-17/h10-12,14,18-19H,7-9,13H2,1-6H3. The highest BCUT2D eigenvalue weighted by Crippen LogP contribution is 2.20. The quantitative estimate of drug-likeness (QED) is 0.774. The molecular formula is C18H32N2. The molecule has 0 aliphatic carbocycles. The maximum Gasteiger partial charge on any atom is 0.0329 e. The zero-order chi connectivity index (χ0) is 15.1. The first kappa shape index (κ1) is 17.2. The van der Waals surface area contributed by atoms with Crippen molar-refractivity contribution in [2.24, 2.45) is 5.92 Å². The lowest BCUT2D eigenvalue weighted by Crippen LogP contribution is -2.31. The van der Waals surface area contributed by atoms with Gasteiger partial charge in [0.15, 0.2) is 0 Å². The van der Waals surface area contributed by atoms with E-state index in [-0.39, 0.29) is 0 Å². The summed E-state index contributed by atoms with van der Waals surface area (Å²) >= 11 is 0. The van der Waals surface area contributed by atoms with Crippen LogP contribution in [0.3, 0.4) is 0 Å². The average Bonchev–Trinajstić information content (AvgIpc) is 2.36. The van der Waals surface area contributed by atoms with E-state index in [2.05, 4.69) is 70.1 Å². The Hall–Kier alpha value is -0.860. The Bertz CT molecular complexity index is 378. The molecule has 2 heteroatoms. The normalized spacial score (nSPS) is 13.2. The fraction of sp³-hybridized carbons (Fsp3) is 0.667. The lowest BCUT2D eigenvalue weighted by Gasteiger charge is -2.26. The Morgan fingerprint density at radius 1 is 1.10 bits per heavy atom. The molecule has 0 aromatic heterocycles. The highest BCUT2D eigenvalue weighted by atomic mass is 15.1. The fourth-order valence-electron chi connectivity index (χ4n) is 2.90. The molecule has 1 rings (SSSR count). The van der Waals surface area contributed by atoms with Gasteiger partial charge in [-0.2, -0.15) is 0 Å². The summed E-state index contributed by atoms with van der Waals surface area (Å²) < 4.78 is 0. The minimum Gasteiger partial charge on any atom is -0.313 e. The number of nitrogens with one attached hydrogen (secondary N) is 1. The van der Waals surface area contributed by atoms with E-state index < -0.39 is 0 Å². The van der Waals surface area contributed by atoms with Gasteiger partial charge >= 0.3 is 0 Å². The fourth-order valence-corrected chi connectivity index (χ4v) is 2.90. The summed E-state index contributed by atoms with van der Waals surface area (Å²) in [6.45, 7) is 14.7. The maximum absolute atomic E-state index is 3.48. The van der Waals surface area contributed by atoms with Crippen LogP contribution in [0.1, 0.15) is 49.9 Å². The highest BCUT2D eigenvalue weighted by Gasteiger charge is 2.12. The van der Waals surface area contributed by atoms with Gasteiger partial charge in [-0.1, -0.05) is 50.1 Å². The third kappa shape index (κ3) is 5.64. The second kappa shape index (κ2) is 8.43. The summed E-state index contributed by atoms with van der Waals surface area (Å²) in [4.78, 5) is 2.55. The topological polar surface area (TPSA) is 15.3 Å². The highest BCUT2D eigenvalue weighted by molar-refractivity contribution is 5.30. The first-order valence-electron chi connectivity index (χ1n) is 7.94. The van der Waals surface area contributed by atoms with Crippen LogP contribution in [0, 0.1) is 19.8 Å². The molecule has 114 valence electrons. The molecule has 0 saturated carbocycles. The SMILES string of the molecule is CCN(CCC(NC)c1cc(C)cc(C)c1)CC(C)C. The Morgan fingerprint density at radius 3 is 2.15 bits per heavy atom. The van der Waals surface area contributed by atoms with Crippen LogP contribution in [0.15, 0.2) is 18.2 Å². The molecule has 0 aliphatic rings. The van der Waals surface area contributed by atoms with Crippen LogP contribution in [-0.4, -0.2) is 31.6 Å². The van der Waals surface area contributed by atoms with Gasteiger partial charge in [0.25, 0.3) is 0 Å². The monoisotopic (exact) mass is 276 g/mol. The smallest absolute Gasteiger partial charge is 0.0329 e. The number of hydrogen-bond acceptors (Lipinski definition) is 2. The summed E-state index contributed by atoms with van der Waals surface area (Å²) in [5, 5.41) is 3.48. The van der Waals surface area contributed by atoms with Gasteiger partial charge in [-0.25, -0.2) is 0 Å². The predicted molar refractivity (Wildman–Crippen MR) is 89.3 cm³/mol. The summed E-state index contributed by atoms with van der Waals surface area (Å²) in [6.07, 6.45) is 1.17. The number of hydrogen-bond donors (Lipinski definition) is 1. The number of nitrogens with zero attached hydrogens (tertiary/aromatic N) is 1. The molecule has 0 spiro atoms. The lowest BCUT2D eigenvalue weighted by molar-refractivity contribution is 0.243. The lowest BCUT2D eigenvalue weighted by atomic mass is 9.99. The average molecular weight is 276 g/mol. The largest absolute Gasteiger partial charge is 0.313 e. The molecule has 1 unspecified atom stereocenters. The summed E-state index contributed by atoms with van der Waals surface area (Å²) in [7, 11) is 2.07. The van der Waals surface area contributed by atoms with Crippen molar-refractivity contribution in [3.8, 4) is 0 Å². The Morgan fingerprint density at radius 2 is 1.70 bits per heavy atom. The van der Waals surface area contributed by atoms with Crippen molar-refractivity contribution in [3.05, 3.63) is 34.9 Å². The van der Waals surface area contributed by atoms with Gasteiger partial charge in [0, 0.05) is 12.6 Å². The Kier molecular flexibility index (Phi) is 7.25. The van der Waals surface area contributed by atoms with Gasteiger partial charge < -0.3 is 10.2 Å². The van der Waals surface area contributed by atoms with Crippen LogP contribution in [0.5, 0.6) is 0 Å². The van der Waals surface area contributed by atoms with Gasteiger partial charge in [0.2, 0.25) is 0 Å². The van der Waals surface area contributed by atoms with E-state index in [9.17, 15) is 0 Å². The van der Waals surface area contributed by atoms with Crippen LogP contribution in [0.25, 0.3) is 0 Å². The van der Waals surface area contributed by atoms with Crippen LogP contribution in [0.4, 0.5) is 0 Å². The second-order valence-electron chi connectivity index (χ2n) is 6.34. The van der Waals surface area contributed by atoms with Gasteiger partial charge in [0.05, 0.1) is 0 Å². The van der Waals surface area contributed by atoms with Crippen molar-refractivity contribution in [1.82, 2.24) is 10.2 Å². The van der Waals surface area contributed by atoms with Crippen molar-refractivity contribution in [2.75, 3.05) is 26.7 Å². The van der Waals surface area contributed by atoms with Crippen molar-refractivity contribution < 1.29 is 0 Å². The molecule has 0 radical (unpaired) electrons. The Labute approximate surface area is 125 Å². The molecule has 0 fully saturated rings. The zero-order valence-corrected chi connectivity index (χ0v) is 14.2. The molecule has 1 aromatic carbocycles. The predicted octanol–water partition coefficient (Wildman–Crippen LogP) is 3.93. The number of benzene rings is 1. The van der Waals surface area contributed by atoms with E-state index in [0.717, 1.165) is 19.0 Å². The molecule has 1 atom stereocenters. The van der Waals surface area contributed by atoms with Crippen molar-refractivity contribution in [3.63, 3.8) is 0 Å². The van der Waals surface area contributed by atoms with E-state index in [1.54, 1.807) is 0 Å². The van der Waals surface area contributed by atoms with Crippen molar-refractivity contribution >= 4 is 0 Å². The van der Waals surface area contributed by atoms with E-state index in [1.165, 1.54) is 29.7 Å². The van der Waals surface area contributed by atoms with Crippen LogP contribution in [-0.2, 0) is 0 Å². The van der Waals surface area contributed by atoms with Crippen LogP contribution in [0.2, 0.25) is 0 Å². The second-order valence-corrected chi connectivity index (χ2v) is 6.34. The molecule has 0 amide bonds. The van der Waals surface area contributed by atoms with Crippen LogP contribution < -0.4 is 5.32 Å². The van der Waals surface area contributed by atoms with E-state index in [1.807, 2.05) is 0 Å². The first-order valence-corrected chi connectivity index (χ1v) is 7.94. The molecule has 20 heavy (non-hydrogen) atoms. The van der Waals surface area contributed by atoms with E-state index in [0.29, 0.717) is 6.04 Å². The minimum absolute atomic E-state index is 0.454. The summed E-state index contributed by atoms with van der Waals surface area (Å²) in [5.74, 6) is 0.740. The third-order valence-corrected chi connectivity index (χ3v) is 3.80.